The lowest BCUT2D eigenvalue weighted by Crippen LogP contribution is -2.37. The molecule has 0 amide bonds. The number of nitrogens with zero attached hydrogens (tertiary/aromatic N) is 4. The Kier molecular flexibility index (Phi) is 3.82. The zero-order valence-corrected chi connectivity index (χ0v) is 14.0. The summed E-state index contributed by atoms with van der Waals surface area (Å²) < 4.78 is 7.48. The Labute approximate surface area is 141 Å². The van der Waals surface area contributed by atoms with Crippen LogP contribution < -0.4 is 10.3 Å². The number of anilines is 2. The minimum absolute atomic E-state index is 0.734. The molecule has 24 heavy (non-hydrogen) atoms. The zero-order valence-electron chi connectivity index (χ0n) is 14.0. The van der Waals surface area contributed by atoms with Crippen LogP contribution in [0.4, 0.5) is 11.6 Å². The van der Waals surface area contributed by atoms with E-state index in [9.17, 15) is 0 Å². The van der Waals surface area contributed by atoms with Crippen molar-refractivity contribution in [1.29, 1.82) is 0 Å². The molecule has 0 bridgehead atoms. The van der Waals surface area contributed by atoms with Gasteiger partial charge in [-0.3, -0.25) is 10.1 Å². The summed E-state index contributed by atoms with van der Waals surface area (Å²) in [7, 11) is 0. The predicted molar refractivity (Wildman–Crippen MR) is 95.5 cm³/mol. The van der Waals surface area contributed by atoms with Crippen LogP contribution in [0.3, 0.4) is 0 Å². The average molecular weight is 323 g/mol. The fourth-order valence-electron chi connectivity index (χ4n) is 3.13. The second-order valence-corrected chi connectivity index (χ2v) is 6.08. The van der Waals surface area contributed by atoms with Crippen LogP contribution in [0, 0.1) is 13.8 Å². The van der Waals surface area contributed by atoms with Crippen LogP contribution in [-0.4, -0.2) is 41.2 Å². The first kappa shape index (κ1) is 15.0. The van der Waals surface area contributed by atoms with Crippen molar-refractivity contribution in [3.05, 3.63) is 47.8 Å². The van der Waals surface area contributed by atoms with Gasteiger partial charge in [0, 0.05) is 35.2 Å². The molecule has 2 aromatic heterocycles. The first-order valence-corrected chi connectivity index (χ1v) is 8.24. The third-order valence-corrected chi connectivity index (χ3v) is 4.47. The van der Waals surface area contributed by atoms with Crippen LogP contribution in [0.15, 0.2) is 36.4 Å². The maximum Gasteiger partial charge on any atom is 0.175 e. The number of benzene rings is 1. The van der Waals surface area contributed by atoms with E-state index in [0.29, 0.717) is 0 Å². The molecular weight excluding hydrogens is 302 g/mol. The summed E-state index contributed by atoms with van der Waals surface area (Å²) in [6.07, 6.45) is 0. The normalized spacial score (nSPS) is 15.0. The van der Waals surface area contributed by atoms with Crippen LogP contribution >= 0.6 is 0 Å². The van der Waals surface area contributed by atoms with Crippen molar-refractivity contribution in [2.75, 3.05) is 36.6 Å². The molecule has 3 heterocycles. The molecule has 0 atom stereocenters. The predicted octanol–water partition coefficient (Wildman–Crippen LogP) is 2.76. The van der Waals surface area contributed by atoms with Crippen molar-refractivity contribution in [2.24, 2.45) is 0 Å². The van der Waals surface area contributed by atoms with Crippen molar-refractivity contribution >= 4 is 22.4 Å². The molecule has 6 nitrogen and oxygen atoms in total. The topological polar surface area (TPSA) is 55.2 Å². The highest BCUT2D eigenvalue weighted by Crippen LogP contribution is 2.29. The quantitative estimate of drug-likeness (QED) is 0.803. The molecule has 1 fully saturated rings. The SMILES string of the molecule is Cc1ccc(C)n1Nc1nnc(N2CCOCC2)c2ccccc12. The maximum atomic E-state index is 5.45. The molecule has 1 saturated heterocycles. The lowest BCUT2D eigenvalue weighted by molar-refractivity contribution is 0.122. The first-order chi connectivity index (χ1) is 11.7. The largest absolute Gasteiger partial charge is 0.378 e. The van der Waals surface area contributed by atoms with Gasteiger partial charge in [0.05, 0.1) is 13.2 Å². The summed E-state index contributed by atoms with van der Waals surface area (Å²) in [5, 5.41) is 11.2. The Hall–Kier alpha value is -2.60. The molecule has 1 aromatic carbocycles. The van der Waals surface area contributed by atoms with Crippen molar-refractivity contribution < 1.29 is 4.74 Å². The van der Waals surface area contributed by atoms with E-state index in [1.807, 2.05) is 16.8 Å². The fraction of sp³-hybridized carbons (Fsp3) is 0.333. The summed E-state index contributed by atoms with van der Waals surface area (Å²) in [6, 6.07) is 12.4. The number of rotatable bonds is 3. The first-order valence-electron chi connectivity index (χ1n) is 8.24. The number of fused-ring (bicyclic) bond motifs is 1. The molecule has 0 aliphatic carbocycles. The monoisotopic (exact) mass is 323 g/mol. The average Bonchev–Trinajstić information content (AvgIpc) is 2.94. The van der Waals surface area contributed by atoms with Crippen molar-refractivity contribution in [2.45, 2.75) is 13.8 Å². The van der Waals surface area contributed by atoms with Crippen LogP contribution in [-0.2, 0) is 4.74 Å². The number of hydrogen-bond donors (Lipinski definition) is 1. The number of ether oxygens (including phenoxy) is 1. The molecule has 1 aliphatic heterocycles. The molecular formula is C18H21N5O. The van der Waals surface area contributed by atoms with E-state index in [2.05, 4.69) is 58.6 Å². The molecule has 4 rings (SSSR count). The molecule has 0 radical (unpaired) electrons. The third kappa shape index (κ3) is 2.59. The maximum absolute atomic E-state index is 5.45. The van der Waals surface area contributed by atoms with Gasteiger partial charge in [-0.25, -0.2) is 0 Å². The number of aromatic nitrogens is 3. The second-order valence-electron chi connectivity index (χ2n) is 6.08. The van der Waals surface area contributed by atoms with Gasteiger partial charge in [-0.15, -0.1) is 10.2 Å². The van der Waals surface area contributed by atoms with E-state index in [4.69, 9.17) is 4.74 Å². The molecule has 124 valence electrons. The summed E-state index contributed by atoms with van der Waals surface area (Å²) in [6.45, 7) is 7.30. The zero-order chi connectivity index (χ0) is 16.5. The van der Waals surface area contributed by atoms with Crippen LogP contribution in [0.25, 0.3) is 10.8 Å². The molecule has 0 saturated carbocycles. The van der Waals surface area contributed by atoms with E-state index in [-0.39, 0.29) is 0 Å². The van der Waals surface area contributed by atoms with Crippen molar-refractivity contribution in [3.63, 3.8) is 0 Å². The van der Waals surface area contributed by atoms with Gasteiger partial charge < -0.3 is 9.64 Å². The van der Waals surface area contributed by atoms with Crippen LogP contribution in [0.2, 0.25) is 0 Å². The van der Waals surface area contributed by atoms with Gasteiger partial charge in [-0.2, -0.15) is 0 Å². The fourth-order valence-corrected chi connectivity index (χ4v) is 3.13. The van der Waals surface area contributed by atoms with Gasteiger partial charge in [0.2, 0.25) is 0 Å². The van der Waals surface area contributed by atoms with Crippen molar-refractivity contribution in [1.82, 2.24) is 14.9 Å². The second kappa shape index (κ2) is 6.13. The lowest BCUT2D eigenvalue weighted by Gasteiger charge is -2.28. The van der Waals surface area contributed by atoms with E-state index < -0.39 is 0 Å². The third-order valence-electron chi connectivity index (χ3n) is 4.47. The Morgan fingerprint density at radius 2 is 1.58 bits per heavy atom. The smallest absolute Gasteiger partial charge is 0.175 e. The number of aryl methyl sites for hydroxylation is 2. The lowest BCUT2D eigenvalue weighted by atomic mass is 10.1. The van der Waals surface area contributed by atoms with Crippen LogP contribution in [0.5, 0.6) is 0 Å². The Morgan fingerprint density at radius 3 is 2.29 bits per heavy atom. The molecule has 1 aliphatic rings. The van der Waals surface area contributed by atoms with E-state index >= 15 is 0 Å². The van der Waals surface area contributed by atoms with Gasteiger partial charge >= 0.3 is 0 Å². The van der Waals surface area contributed by atoms with Gasteiger partial charge in [-0.1, -0.05) is 24.3 Å². The minimum Gasteiger partial charge on any atom is -0.378 e. The molecule has 3 aromatic rings. The van der Waals surface area contributed by atoms with E-state index in [1.165, 1.54) is 0 Å². The Morgan fingerprint density at radius 1 is 0.917 bits per heavy atom. The summed E-state index contributed by atoms with van der Waals surface area (Å²) in [4.78, 5) is 2.24. The molecule has 0 unspecified atom stereocenters. The number of nitrogens with one attached hydrogen (secondary N) is 1. The van der Waals surface area contributed by atoms with E-state index in [1.54, 1.807) is 0 Å². The van der Waals surface area contributed by atoms with E-state index in [0.717, 1.165) is 60.1 Å². The summed E-state index contributed by atoms with van der Waals surface area (Å²) in [5.74, 6) is 1.70. The van der Waals surface area contributed by atoms with Gasteiger partial charge in [-0.05, 0) is 26.0 Å². The summed E-state index contributed by atoms with van der Waals surface area (Å²) in [5.41, 5.74) is 5.66. The highest BCUT2D eigenvalue weighted by Gasteiger charge is 2.18. The molecule has 0 spiro atoms. The number of hydrogen-bond acceptors (Lipinski definition) is 5. The molecule has 6 heteroatoms. The van der Waals surface area contributed by atoms with Crippen molar-refractivity contribution in [3.8, 4) is 0 Å². The summed E-state index contributed by atoms with van der Waals surface area (Å²) >= 11 is 0. The number of morpholine rings is 1. The minimum atomic E-state index is 0.734. The Balaban J connectivity index is 1.78. The standard InChI is InChI=1S/C18H21N5O/c1-13-7-8-14(2)23(13)21-17-15-5-3-4-6-16(15)18(20-19-17)22-9-11-24-12-10-22/h3-8H,9-12H2,1-2H3,(H,19,21). The van der Waals surface area contributed by atoms with Crippen LogP contribution in [0.1, 0.15) is 11.4 Å². The molecule has 1 N–H and O–H groups in total. The Bertz CT molecular complexity index is 847. The highest BCUT2D eigenvalue weighted by molar-refractivity contribution is 5.98. The van der Waals surface area contributed by atoms with Gasteiger partial charge in [0.15, 0.2) is 11.6 Å². The highest BCUT2D eigenvalue weighted by atomic mass is 16.5. The van der Waals surface area contributed by atoms with Gasteiger partial charge in [0.1, 0.15) is 0 Å². The van der Waals surface area contributed by atoms with Gasteiger partial charge in [0.25, 0.3) is 0 Å².